The van der Waals surface area contributed by atoms with Gasteiger partial charge in [-0.3, -0.25) is 4.79 Å². The number of amides is 1. The predicted molar refractivity (Wildman–Crippen MR) is 89.8 cm³/mol. The van der Waals surface area contributed by atoms with Crippen LogP contribution in [0.15, 0.2) is 28.8 Å². The average Bonchev–Trinajstić information content (AvgIpc) is 2.91. The van der Waals surface area contributed by atoms with Crippen LogP contribution >= 0.6 is 11.8 Å². The van der Waals surface area contributed by atoms with Gasteiger partial charge in [0.1, 0.15) is 5.82 Å². The minimum absolute atomic E-state index is 0.0938. The topological polar surface area (TPSA) is 68.0 Å². The Bertz CT molecular complexity index is 745. The first-order chi connectivity index (χ1) is 11.4. The molecule has 1 aliphatic rings. The van der Waals surface area contributed by atoms with Crippen molar-refractivity contribution in [3.8, 4) is 0 Å². The molecule has 1 aromatic heterocycles. The third-order valence-electron chi connectivity index (χ3n) is 4.65. The maximum absolute atomic E-state index is 13.2. The van der Waals surface area contributed by atoms with Crippen LogP contribution in [-0.4, -0.2) is 22.3 Å². The molecule has 1 heterocycles. The minimum Gasteiger partial charge on any atom is -0.346 e. The number of carbonyl (C=O) groups excluding carboxylic acids is 1. The Balaban J connectivity index is 1.73. The van der Waals surface area contributed by atoms with Crippen LogP contribution in [0.25, 0.3) is 0 Å². The number of nitrogens with zero attached hydrogens (tertiary/aromatic N) is 2. The van der Waals surface area contributed by atoms with Crippen molar-refractivity contribution in [2.24, 2.45) is 5.41 Å². The molecule has 1 aliphatic carbocycles. The lowest BCUT2D eigenvalue weighted by Crippen LogP contribution is -2.37. The number of aromatic nitrogens is 2. The molecule has 0 bridgehead atoms. The van der Waals surface area contributed by atoms with E-state index >= 15 is 0 Å². The summed E-state index contributed by atoms with van der Waals surface area (Å²) in [5.41, 5.74) is 0.0244. The van der Waals surface area contributed by atoms with Gasteiger partial charge in [-0.1, -0.05) is 31.1 Å². The Kier molecular flexibility index (Phi) is 4.38. The summed E-state index contributed by atoms with van der Waals surface area (Å²) >= 11 is 1.60. The number of hydrogen-bond donors (Lipinski definition) is 1. The van der Waals surface area contributed by atoms with Crippen LogP contribution in [0.3, 0.4) is 0 Å². The first-order valence-corrected chi connectivity index (χ1v) is 9.13. The summed E-state index contributed by atoms with van der Waals surface area (Å²) in [5, 5.41) is 6.75. The first kappa shape index (κ1) is 17.0. The fraction of sp³-hybridized carbons (Fsp3) is 0.471. The molecule has 0 aliphatic heterocycles. The van der Waals surface area contributed by atoms with Crippen molar-refractivity contribution in [3.05, 3.63) is 47.4 Å². The van der Waals surface area contributed by atoms with E-state index in [-0.39, 0.29) is 23.7 Å². The summed E-state index contributed by atoms with van der Waals surface area (Å²) in [6, 6.07) is 6.16. The van der Waals surface area contributed by atoms with Gasteiger partial charge >= 0.3 is 0 Å². The van der Waals surface area contributed by atoms with Crippen LogP contribution in [-0.2, 0) is 22.5 Å². The van der Waals surface area contributed by atoms with Crippen LogP contribution in [0.4, 0.5) is 4.39 Å². The van der Waals surface area contributed by atoms with Gasteiger partial charge in [0.15, 0.2) is 5.82 Å². The second-order valence-electron chi connectivity index (χ2n) is 6.69. The van der Waals surface area contributed by atoms with Gasteiger partial charge in [-0.15, -0.1) is 0 Å². The Morgan fingerprint density at radius 2 is 2.04 bits per heavy atom. The van der Waals surface area contributed by atoms with E-state index in [4.69, 9.17) is 4.52 Å². The molecule has 1 saturated carbocycles. The monoisotopic (exact) mass is 349 g/mol. The largest absolute Gasteiger partial charge is 0.346 e. The Labute approximate surface area is 144 Å². The van der Waals surface area contributed by atoms with Crippen molar-refractivity contribution in [2.45, 2.75) is 38.0 Å². The van der Waals surface area contributed by atoms with E-state index in [0.717, 1.165) is 12.0 Å². The zero-order valence-corrected chi connectivity index (χ0v) is 14.7. The van der Waals surface area contributed by atoms with Crippen LogP contribution in [0.1, 0.15) is 37.5 Å². The van der Waals surface area contributed by atoms with Crippen molar-refractivity contribution in [3.63, 3.8) is 0 Å². The Hall–Kier alpha value is -1.89. The van der Waals surface area contributed by atoms with Crippen LogP contribution in [0, 0.1) is 11.2 Å². The van der Waals surface area contributed by atoms with Gasteiger partial charge in [0.05, 0.1) is 17.7 Å². The highest BCUT2D eigenvalue weighted by atomic mass is 32.2. The lowest BCUT2D eigenvalue weighted by molar-refractivity contribution is -0.124. The van der Waals surface area contributed by atoms with Crippen LogP contribution < -0.4 is 5.32 Å². The fourth-order valence-electron chi connectivity index (χ4n) is 3.22. The molecule has 1 N–H and O–H groups in total. The third-order valence-corrected chi connectivity index (χ3v) is 5.19. The zero-order valence-electron chi connectivity index (χ0n) is 13.9. The second kappa shape index (κ2) is 6.20. The van der Waals surface area contributed by atoms with Gasteiger partial charge in [0.25, 0.3) is 0 Å². The molecule has 2 aromatic rings. The Morgan fingerprint density at radius 3 is 2.62 bits per heavy atom. The van der Waals surface area contributed by atoms with E-state index in [0.29, 0.717) is 17.5 Å². The molecule has 24 heavy (non-hydrogen) atoms. The van der Waals surface area contributed by atoms with Crippen molar-refractivity contribution in [1.29, 1.82) is 0 Å². The summed E-state index contributed by atoms with van der Waals surface area (Å²) in [7, 11) is 0. The van der Waals surface area contributed by atoms with E-state index in [1.165, 1.54) is 12.1 Å². The number of benzene rings is 1. The molecule has 3 rings (SSSR count). The molecule has 1 aromatic carbocycles. The maximum atomic E-state index is 13.2. The number of nitrogens with one attached hydrogen (secondary N) is 1. The van der Waals surface area contributed by atoms with E-state index in [1.807, 2.05) is 20.1 Å². The molecule has 0 saturated heterocycles. The maximum Gasteiger partial charge on any atom is 0.246 e. The molecule has 1 amide bonds. The normalized spacial score (nSPS) is 21.5. The average molecular weight is 349 g/mol. The third kappa shape index (κ3) is 2.92. The molecule has 1 atom stereocenters. The van der Waals surface area contributed by atoms with Crippen molar-refractivity contribution in [1.82, 2.24) is 15.5 Å². The molecule has 0 spiro atoms. The lowest BCUT2D eigenvalue weighted by atomic mass is 9.87. The highest BCUT2D eigenvalue weighted by Gasteiger charge is 2.67. The van der Waals surface area contributed by atoms with Gasteiger partial charge in [0.2, 0.25) is 11.8 Å². The number of carbonyl (C=O) groups is 1. The summed E-state index contributed by atoms with van der Waals surface area (Å²) in [5.74, 6) is 1.28. The quantitative estimate of drug-likeness (QED) is 0.868. The molecule has 7 heteroatoms. The second-order valence-corrected chi connectivity index (χ2v) is 7.56. The summed E-state index contributed by atoms with van der Waals surface area (Å²) in [6.07, 6.45) is 2.68. The molecule has 1 fully saturated rings. The summed E-state index contributed by atoms with van der Waals surface area (Å²) in [4.78, 5) is 17.1. The molecule has 0 unspecified atom stereocenters. The van der Waals surface area contributed by atoms with Crippen molar-refractivity contribution < 1.29 is 13.7 Å². The molecule has 0 radical (unpaired) electrons. The summed E-state index contributed by atoms with van der Waals surface area (Å²) < 4.78 is 18.3. The predicted octanol–water partition coefficient (Wildman–Crippen LogP) is 3.06. The van der Waals surface area contributed by atoms with Crippen LogP contribution in [0.2, 0.25) is 0 Å². The van der Waals surface area contributed by atoms with E-state index in [1.54, 1.807) is 23.9 Å². The first-order valence-electron chi connectivity index (χ1n) is 7.74. The standard InChI is InChI=1S/C17H20FN3O2S/c1-16(2)10-17(16,11-4-6-12(18)7-5-11)15(22)19-8-14-20-13(9-24-3)21-23-14/h4-7H,8-10H2,1-3H3,(H,19,22)/t17-/m0/s1. The lowest BCUT2D eigenvalue weighted by Gasteiger charge is -2.20. The van der Waals surface area contributed by atoms with Gasteiger partial charge in [-0.05, 0) is 35.8 Å². The highest BCUT2D eigenvalue weighted by molar-refractivity contribution is 7.97. The number of halogens is 1. The fourth-order valence-corrected chi connectivity index (χ4v) is 3.60. The minimum atomic E-state index is -0.636. The molecular formula is C17H20FN3O2S. The highest BCUT2D eigenvalue weighted by Crippen LogP contribution is 2.64. The molecular weight excluding hydrogens is 329 g/mol. The van der Waals surface area contributed by atoms with Gasteiger partial charge in [-0.2, -0.15) is 16.7 Å². The van der Waals surface area contributed by atoms with Gasteiger partial charge in [-0.25, -0.2) is 4.39 Å². The van der Waals surface area contributed by atoms with E-state index in [9.17, 15) is 9.18 Å². The zero-order chi connectivity index (χ0) is 17.4. The van der Waals surface area contributed by atoms with Crippen LogP contribution in [0.5, 0.6) is 0 Å². The number of rotatable bonds is 6. The van der Waals surface area contributed by atoms with Gasteiger partial charge in [0, 0.05) is 0 Å². The number of thioether (sulfide) groups is 1. The summed E-state index contributed by atoms with van der Waals surface area (Å²) in [6.45, 7) is 4.28. The van der Waals surface area contributed by atoms with Gasteiger partial charge < -0.3 is 9.84 Å². The Morgan fingerprint density at radius 1 is 1.38 bits per heavy atom. The smallest absolute Gasteiger partial charge is 0.246 e. The molecule has 5 nitrogen and oxygen atoms in total. The van der Waals surface area contributed by atoms with Crippen molar-refractivity contribution >= 4 is 17.7 Å². The number of hydrogen-bond acceptors (Lipinski definition) is 5. The van der Waals surface area contributed by atoms with Crippen molar-refractivity contribution in [2.75, 3.05) is 6.26 Å². The molecule has 128 valence electrons. The van der Waals surface area contributed by atoms with E-state index in [2.05, 4.69) is 15.5 Å². The van der Waals surface area contributed by atoms with E-state index < -0.39 is 5.41 Å². The SMILES string of the molecule is CSCc1noc(CNC(=O)[C@@]2(c3ccc(F)cc3)CC2(C)C)n1.